The van der Waals surface area contributed by atoms with Crippen molar-refractivity contribution in [3.05, 3.63) is 35.9 Å². The van der Waals surface area contributed by atoms with Gasteiger partial charge in [0.05, 0.1) is 11.2 Å². The van der Waals surface area contributed by atoms with Gasteiger partial charge in [0, 0.05) is 7.05 Å². The molecule has 16 heavy (non-hydrogen) atoms. The monoisotopic (exact) mass is 234 g/mol. The normalized spacial score (nSPS) is 25.2. The van der Waals surface area contributed by atoms with Gasteiger partial charge in [0.15, 0.2) is 0 Å². The molecule has 1 saturated heterocycles. The first-order chi connectivity index (χ1) is 7.66. The molecule has 0 saturated carbocycles. The summed E-state index contributed by atoms with van der Waals surface area (Å²) in [6.07, 6.45) is 1.95. The van der Waals surface area contributed by atoms with E-state index in [0.29, 0.717) is 5.84 Å². The van der Waals surface area contributed by atoms with Crippen LogP contribution in [0.1, 0.15) is 11.5 Å². The van der Waals surface area contributed by atoms with Gasteiger partial charge in [-0.3, -0.25) is 10.2 Å². The van der Waals surface area contributed by atoms with Crippen LogP contribution in [-0.2, 0) is 4.79 Å². The molecule has 1 aromatic rings. The molecule has 0 unspecified atom stereocenters. The zero-order valence-electron chi connectivity index (χ0n) is 9.31. The Morgan fingerprint density at radius 3 is 2.50 bits per heavy atom. The summed E-state index contributed by atoms with van der Waals surface area (Å²) in [5.41, 5.74) is 1.00. The molecule has 1 fully saturated rings. The molecule has 3 nitrogen and oxygen atoms in total. The second kappa shape index (κ2) is 4.29. The van der Waals surface area contributed by atoms with Crippen LogP contribution in [0.4, 0.5) is 0 Å². The minimum atomic E-state index is -0.200. The van der Waals surface area contributed by atoms with Crippen molar-refractivity contribution in [2.24, 2.45) is 0 Å². The summed E-state index contributed by atoms with van der Waals surface area (Å²) in [7, 11) is 1.68. The molecule has 1 aliphatic heterocycles. The lowest BCUT2D eigenvalue weighted by atomic mass is 9.97. The van der Waals surface area contributed by atoms with E-state index in [4.69, 9.17) is 5.41 Å². The molecule has 1 heterocycles. The number of amides is 1. The average molecular weight is 234 g/mol. The van der Waals surface area contributed by atoms with E-state index in [-0.39, 0.29) is 17.1 Å². The Morgan fingerprint density at radius 1 is 1.31 bits per heavy atom. The van der Waals surface area contributed by atoms with Crippen molar-refractivity contribution in [1.82, 2.24) is 4.90 Å². The Bertz CT molecular complexity index is 418. The highest BCUT2D eigenvalue weighted by Gasteiger charge is 2.43. The molecule has 1 aromatic carbocycles. The number of benzene rings is 1. The fourth-order valence-corrected chi connectivity index (χ4v) is 2.96. The lowest BCUT2D eigenvalue weighted by Crippen LogP contribution is -2.25. The van der Waals surface area contributed by atoms with Crippen molar-refractivity contribution in [1.29, 1.82) is 5.41 Å². The van der Waals surface area contributed by atoms with Crippen molar-refractivity contribution < 1.29 is 4.79 Å². The average Bonchev–Trinajstić information content (AvgIpc) is 2.54. The Hall–Kier alpha value is -1.29. The predicted molar refractivity (Wildman–Crippen MR) is 67.0 cm³/mol. The number of likely N-dealkylation sites (tertiary alicyclic amines) is 1. The molecule has 0 bridgehead atoms. The topological polar surface area (TPSA) is 44.2 Å². The highest BCUT2D eigenvalue weighted by atomic mass is 32.2. The standard InChI is InChI=1S/C12H14N2OS/c1-14-11(13)10(16-2)9(12(14)15)8-6-4-3-5-7-8/h3-7,9-10,13H,1-2H3/t9-,10+/m1/s1. The van der Waals surface area contributed by atoms with Crippen LogP contribution in [0.2, 0.25) is 0 Å². The molecule has 84 valence electrons. The molecule has 0 aromatic heterocycles. The second-order valence-electron chi connectivity index (χ2n) is 3.83. The number of amidine groups is 1. The number of carbonyl (C=O) groups is 1. The molecule has 0 radical (unpaired) electrons. The summed E-state index contributed by atoms with van der Waals surface area (Å²) < 4.78 is 0. The number of nitrogens with zero attached hydrogens (tertiary/aromatic N) is 1. The zero-order valence-corrected chi connectivity index (χ0v) is 10.1. The van der Waals surface area contributed by atoms with E-state index in [2.05, 4.69) is 0 Å². The Kier molecular flexibility index (Phi) is 3.01. The molecular weight excluding hydrogens is 220 g/mol. The number of thioether (sulfide) groups is 1. The van der Waals surface area contributed by atoms with Crippen LogP contribution in [0.25, 0.3) is 0 Å². The summed E-state index contributed by atoms with van der Waals surface area (Å²) in [4.78, 5) is 13.5. The lowest BCUT2D eigenvalue weighted by Gasteiger charge is -2.13. The molecule has 1 aliphatic rings. The molecule has 0 aliphatic carbocycles. The van der Waals surface area contributed by atoms with Gasteiger partial charge < -0.3 is 4.90 Å². The van der Waals surface area contributed by atoms with Crippen LogP contribution < -0.4 is 0 Å². The predicted octanol–water partition coefficient (Wildman–Crippen LogP) is 1.95. The van der Waals surface area contributed by atoms with Crippen LogP contribution in [-0.4, -0.2) is 35.2 Å². The zero-order chi connectivity index (χ0) is 11.7. The van der Waals surface area contributed by atoms with Crippen LogP contribution in [0, 0.1) is 5.41 Å². The van der Waals surface area contributed by atoms with E-state index in [1.165, 1.54) is 4.90 Å². The summed E-state index contributed by atoms with van der Waals surface area (Å²) in [5.74, 6) is 0.232. The van der Waals surface area contributed by atoms with Gasteiger partial charge in [0.1, 0.15) is 5.84 Å². The Labute approximate surface area is 99.3 Å². The molecule has 1 N–H and O–H groups in total. The van der Waals surface area contributed by atoms with Crippen molar-refractivity contribution in [2.45, 2.75) is 11.2 Å². The van der Waals surface area contributed by atoms with E-state index in [1.807, 2.05) is 36.6 Å². The molecule has 4 heteroatoms. The smallest absolute Gasteiger partial charge is 0.236 e. The first-order valence-electron chi connectivity index (χ1n) is 5.10. The maximum absolute atomic E-state index is 12.1. The molecule has 0 spiro atoms. The van der Waals surface area contributed by atoms with Gasteiger partial charge in [-0.15, -0.1) is 0 Å². The number of carbonyl (C=O) groups excluding carboxylic acids is 1. The van der Waals surface area contributed by atoms with Gasteiger partial charge >= 0.3 is 0 Å². The lowest BCUT2D eigenvalue weighted by molar-refractivity contribution is -0.126. The van der Waals surface area contributed by atoms with Gasteiger partial charge in [-0.1, -0.05) is 30.3 Å². The van der Waals surface area contributed by atoms with Crippen molar-refractivity contribution in [3.8, 4) is 0 Å². The summed E-state index contributed by atoms with van der Waals surface area (Å²) in [6, 6.07) is 9.71. The molecular formula is C12H14N2OS. The molecule has 1 amide bonds. The van der Waals surface area contributed by atoms with Crippen LogP contribution in [0.3, 0.4) is 0 Å². The van der Waals surface area contributed by atoms with Crippen LogP contribution in [0.5, 0.6) is 0 Å². The number of hydrogen-bond donors (Lipinski definition) is 1. The van der Waals surface area contributed by atoms with E-state index in [9.17, 15) is 4.79 Å². The fourth-order valence-electron chi connectivity index (χ4n) is 2.03. The van der Waals surface area contributed by atoms with E-state index in [1.54, 1.807) is 18.8 Å². The summed E-state index contributed by atoms with van der Waals surface area (Å²) >= 11 is 1.56. The van der Waals surface area contributed by atoms with E-state index < -0.39 is 0 Å². The molecule has 2 rings (SSSR count). The Balaban J connectivity index is 2.40. The Morgan fingerprint density at radius 2 is 1.94 bits per heavy atom. The van der Waals surface area contributed by atoms with Gasteiger partial charge in [-0.25, -0.2) is 0 Å². The minimum Gasteiger partial charge on any atom is -0.302 e. The minimum absolute atomic E-state index is 0.0237. The van der Waals surface area contributed by atoms with Crippen molar-refractivity contribution >= 4 is 23.5 Å². The van der Waals surface area contributed by atoms with E-state index >= 15 is 0 Å². The SMILES string of the molecule is CS[C@@H]1C(=N)N(C)C(=O)[C@@H]1c1ccccc1. The van der Waals surface area contributed by atoms with Gasteiger partial charge in [0.2, 0.25) is 5.91 Å². The number of nitrogens with one attached hydrogen (secondary N) is 1. The van der Waals surface area contributed by atoms with Crippen LogP contribution in [0.15, 0.2) is 30.3 Å². The van der Waals surface area contributed by atoms with Crippen LogP contribution >= 0.6 is 11.8 Å². The van der Waals surface area contributed by atoms with Gasteiger partial charge in [-0.2, -0.15) is 11.8 Å². The fraction of sp³-hybridized carbons (Fsp3) is 0.333. The molecule has 2 atom stereocenters. The highest BCUT2D eigenvalue weighted by molar-refractivity contribution is 8.00. The van der Waals surface area contributed by atoms with Crippen molar-refractivity contribution in [2.75, 3.05) is 13.3 Å². The summed E-state index contributed by atoms with van der Waals surface area (Å²) in [5, 5.41) is 7.85. The second-order valence-corrected chi connectivity index (χ2v) is 4.81. The number of likely N-dealkylation sites (N-methyl/N-ethyl adjacent to an activating group) is 1. The largest absolute Gasteiger partial charge is 0.302 e. The van der Waals surface area contributed by atoms with Gasteiger partial charge in [0.25, 0.3) is 0 Å². The highest BCUT2D eigenvalue weighted by Crippen LogP contribution is 2.35. The first kappa shape index (κ1) is 11.2. The van der Waals surface area contributed by atoms with E-state index in [0.717, 1.165) is 5.56 Å². The first-order valence-corrected chi connectivity index (χ1v) is 6.39. The maximum atomic E-state index is 12.1. The number of hydrogen-bond acceptors (Lipinski definition) is 3. The third-order valence-electron chi connectivity index (χ3n) is 2.94. The third kappa shape index (κ3) is 1.63. The number of rotatable bonds is 2. The summed E-state index contributed by atoms with van der Waals surface area (Å²) in [6.45, 7) is 0. The third-order valence-corrected chi connectivity index (χ3v) is 3.95. The quantitative estimate of drug-likeness (QED) is 0.850. The van der Waals surface area contributed by atoms with Crippen molar-refractivity contribution in [3.63, 3.8) is 0 Å². The van der Waals surface area contributed by atoms with Gasteiger partial charge in [-0.05, 0) is 11.8 Å². The maximum Gasteiger partial charge on any atom is 0.236 e.